The quantitative estimate of drug-likeness (QED) is 0.635. The summed E-state index contributed by atoms with van der Waals surface area (Å²) in [7, 11) is 0. The standard InChI is InChI=1S/C9H14N4O/c1-6-4-13(5-7(6)10)8-9(14)12-3-2-11-8/h2-3,6-7H,4-5,10H2,1H3,(H,12,14). The first-order chi connectivity index (χ1) is 6.68. The number of hydrogen-bond donors (Lipinski definition) is 2. The van der Waals surface area contributed by atoms with Crippen LogP contribution in [0.5, 0.6) is 0 Å². The van der Waals surface area contributed by atoms with Gasteiger partial charge in [-0.1, -0.05) is 6.92 Å². The second kappa shape index (κ2) is 3.42. The van der Waals surface area contributed by atoms with Crippen molar-refractivity contribution in [3.63, 3.8) is 0 Å². The summed E-state index contributed by atoms with van der Waals surface area (Å²) in [6.45, 7) is 3.60. The molecule has 0 radical (unpaired) electrons. The maximum absolute atomic E-state index is 11.4. The van der Waals surface area contributed by atoms with Gasteiger partial charge in [-0.2, -0.15) is 0 Å². The van der Waals surface area contributed by atoms with Crippen LogP contribution in [0.2, 0.25) is 0 Å². The lowest BCUT2D eigenvalue weighted by Gasteiger charge is -2.14. The molecule has 1 aliphatic heterocycles. The van der Waals surface area contributed by atoms with E-state index in [-0.39, 0.29) is 11.6 Å². The van der Waals surface area contributed by atoms with E-state index in [9.17, 15) is 4.79 Å². The van der Waals surface area contributed by atoms with Gasteiger partial charge in [0.1, 0.15) is 0 Å². The number of aromatic amines is 1. The highest BCUT2D eigenvalue weighted by molar-refractivity contribution is 5.37. The van der Waals surface area contributed by atoms with Gasteiger partial charge in [0, 0.05) is 31.5 Å². The first-order valence-electron chi connectivity index (χ1n) is 4.72. The second-order valence-electron chi connectivity index (χ2n) is 3.79. The summed E-state index contributed by atoms with van der Waals surface area (Å²) >= 11 is 0. The lowest BCUT2D eigenvalue weighted by Crippen LogP contribution is -2.31. The van der Waals surface area contributed by atoms with Gasteiger partial charge in [0.2, 0.25) is 0 Å². The number of H-pyrrole nitrogens is 1. The lowest BCUT2D eigenvalue weighted by atomic mass is 10.1. The third-order valence-electron chi connectivity index (χ3n) is 2.66. The van der Waals surface area contributed by atoms with Crippen molar-refractivity contribution in [2.75, 3.05) is 18.0 Å². The van der Waals surface area contributed by atoms with E-state index in [1.165, 1.54) is 6.20 Å². The van der Waals surface area contributed by atoms with Crippen LogP contribution in [0, 0.1) is 5.92 Å². The monoisotopic (exact) mass is 194 g/mol. The summed E-state index contributed by atoms with van der Waals surface area (Å²) in [5, 5.41) is 0. The minimum Gasteiger partial charge on any atom is -0.350 e. The molecule has 0 spiro atoms. The number of nitrogens with zero attached hydrogens (tertiary/aromatic N) is 2. The molecule has 2 unspecified atom stereocenters. The van der Waals surface area contributed by atoms with Gasteiger partial charge in [0.15, 0.2) is 5.82 Å². The van der Waals surface area contributed by atoms with Crippen molar-refractivity contribution in [2.45, 2.75) is 13.0 Å². The van der Waals surface area contributed by atoms with Crippen LogP contribution in [-0.4, -0.2) is 29.1 Å². The van der Waals surface area contributed by atoms with Crippen molar-refractivity contribution in [3.05, 3.63) is 22.7 Å². The summed E-state index contributed by atoms with van der Waals surface area (Å²) in [5.74, 6) is 0.892. The first kappa shape index (κ1) is 9.21. The van der Waals surface area contributed by atoms with Crippen LogP contribution in [-0.2, 0) is 0 Å². The lowest BCUT2D eigenvalue weighted by molar-refractivity contribution is 0.566. The minimum atomic E-state index is -0.145. The third kappa shape index (κ3) is 1.50. The molecule has 0 bridgehead atoms. The van der Waals surface area contributed by atoms with Gasteiger partial charge in [0.05, 0.1) is 0 Å². The molecule has 1 aromatic rings. The molecule has 2 atom stereocenters. The van der Waals surface area contributed by atoms with E-state index in [1.807, 2.05) is 4.90 Å². The van der Waals surface area contributed by atoms with Gasteiger partial charge in [-0.05, 0) is 5.92 Å². The van der Waals surface area contributed by atoms with Crippen molar-refractivity contribution in [2.24, 2.45) is 11.7 Å². The van der Waals surface area contributed by atoms with Gasteiger partial charge in [-0.3, -0.25) is 4.79 Å². The number of nitrogens with one attached hydrogen (secondary N) is 1. The van der Waals surface area contributed by atoms with Gasteiger partial charge in [-0.25, -0.2) is 4.98 Å². The van der Waals surface area contributed by atoms with Crippen LogP contribution in [0.25, 0.3) is 0 Å². The van der Waals surface area contributed by atoms with Gasteiger partial charge >= 0.3 is 0 Å². The van der Waals surface area contributed by atoms with E-state index < -0.39 is 0 Å². The van der Waals surface area contributed by atoms with Gasteiger partial charge in [0.25, 0.3) is 5.56 Å². The molecule has 0 aliphatic carbocycles. The van der Waals surface area contributed by atoms with E-state index in [0.29, 0.717) is 18.3 Å². The molecule has 3 N–H and O–H groups in total. The molecule has 5 heteroatoms. The number of nitrogens with two attached hydrogens (primary N) is 1. The zero-order chi connectivity index (χ0) is 10.1. The zero-order valence-corrected chi connectivity index (χ0v) is 8.10. The number of rotatable bonds is 1. The Kier molecular flexibility index (Phi) is 2.25. The second-order valence-corrected chi connectivity index (χ2v) is 3.79. The highest BCUT2D eigenvalue weighted by Crippen LogP contribution is 2.17. The number of hydrogen-bond acceptors (Lipinski definition) is 4. The average molecular weight is 194 g/mol. The summed E-state index contributed by atoms with van der Waals surface area (Å²) in [5.41, 5.74) is 5.73. The predicted molar refractivity (Wildman–Crippen MR) is 54.2 cm³/mol. The van der Waals surface area contributed by atoms with Crippen LogP contribution in [0.3, 0.4) is 0 Å². The van der Waals surface area contributed by atoms with E-state index >= 15 is 0 Å². The molecule has 2 rings (SSSR count). The molecule has 1 saturated heterocycles. The van der Waals surface area contributed by atoms with E-state index in [4.69, 9.17) is 5.73 Å². The summed E-state index contributed by atoms with van der Waals surface area (Å²) in [4.78, 5) is 20.0. The first-order valence-corrected chi connectivity index (χ1v) is 4.72. The van der Waals surface area contributed by atoms with Crippen LogP contribution in [0.15, 0.2) is 17.2 Å². The van der Waals surface area contributed by atoms with Crippen molar-refractivity contribution in [3.8, 4) is 0 Å². The van der Waals surface area contributed by atoms with Crippen molar-refractivity contribution in [1.29, 1.82) is 0 Å². The molecular weight excluding hydrogens is 180 g/mol. The highest BCUT2D eigenvalue weighted by Gasteiger charge is 2.28. The van der Waals surface area contributed by atoms with Gasteiger partial charge in [-0.15, -0.1) is 0 Å². The molecule has 76 valence electrons. The Bertz CT molecular complexity index is 365. The number of aromatic nitrogens is 2. The molecule has 5 nitrogen and oxygen atoms in total. The Morgan fingerprint density at radius 1 is 1.64 bits per heavy atom. The van der Waals surface area contributed by atoms with E-state index in [1.54, 1.807) is 6.20 Å². The number of anilines is 1. The largest absolute Gasteiger partial charge is 0.350 e. The maximum Gasteiger partial charge on any atom is 0.290 e. The normalized spacial score (nSPS) is 26.9. The van der Waals surface area contributed by atoms with E-state index in [0.717, 1.165) is 6.54 Å². The molecule has 0 saturated carbocycles. The van der Waals surface area contributed by atoms with Gasteiger partial charge < -0.3 is 15.6 Å². The molecule has 1 aromatic heterocycles. The Balaban J connectivity index is 2.26. The molecule has 1 fully saturated rings. The molecule has 0 aromatic carbocycles. The fourth-order valence-corrected chi connectivity index (χ4v) is 1.73. The highest BCUT2D eigenvalue weighted by atomic mass is 16.1. The average Bonchev–Trinajstić information content (AvgIpc) is 2.48. The fourth-order valence-electron chi connectivity index (χ4n) is 1.73. The molecule has 0 amide bonds. The SMILES string of the molecule is CC1CN(c2ncc[nH]c2=O)CC1N. The topological polar surface area (TPSA) is 75.0 Å². The van der Waals surface area contributed by atoms with Crippen LogP contribution in [0.4, 0.5) is 5.82 Å². The molecule has 14 heavy (non-hydrogen) atoms. The van der Waals surface area contributed by atoms with Crippen molar-refractivity contribution < 1.29 is 0 Å². The van der Waals surface area contributed by atoms with Crippen molar-refractivity contribution in [1.82, 2.24) is 9.97 Å². The molecular formula is C9H14N4O. The fraction of sp³-hybridized carbons (Fsp3) is 0.556. The minimum absolute atomic E-state index is 0.136. The summed E-state index contributed by atoms with van der Waals surface area (Å²) < 4.78 is 0. The summed E-state index contributed by atoms with van der Waals surface area (Å²) in [6.07, 6.45) is 3.12. The smallest absolute Gasteiger partial charge is 0.290 e. The van der Waals surface area contributed by atoms with Crippen LogP contribution >= 0.6 is 0 Å². The maximum atomic E-state index is 11.4. The molecule has 2 heterocycles. The Morgan fingerprint density at radius 2 is 2.43 bits per heavy atom. The van der Waals surface area contributed by atoms with Crippen LogP contribution in [0.1, 0.15) is 6.92 Å². The van der Waals surface area contributed by atoms with Crippen LogP contribution < -0.4 is 16.2 Å². The van der Waals surface area contributed by atoms with Crippen molar-refractivity contribution >= 4 is 5.82 Å². The predicted octanol–water partition coefficient (Wildman–Crippen LogP) is -0.447. The third-order valence-corrected chi connectivity index (χ3v) is 2.66. The Morgan fingerprint density at radius 3 is 3.00 bits per heavy atom. The zero-order valence-electron chi connectivity index (χ0n) is 8.10. The Labute approximate surface area is 82.0 Å². The Hall–Kier alpha value is -1.36. The van der Waals surface area contributed by atoms with E-state index in [2.05, 4.69) is 16.9 Å². The summed E-state index contributed by atoms with van der Waals surface area (Å²) in [6, 6.07) is 0.136. The molecule has 1 aliphatic rings.